The van der Waals surface area contributed by atoms with Gasteiger partial charge in [-0.1, -0.05) is 47.5 Å². The van der Waals surface area contributed by atoms with Crippen molar-refractivity contribution in [3.05, 3.63) is 80.8 Å². The zero-order valence-corrected chi connectivity index (χ0v) is 17.5. The highest BCUT2D eigenvalue weighted by Crippen LogP contribution is 2.16. The van der Waals surface area contributed by atoms with Gasteiger partial charge in [-0.15, -0.1) is 0 Å². The quantitative estimate of drug-likeness (QED) is 0.440. The molecule has 0 aliphatic heterocycles. The fourth-order valence-corrected chi connectivity index (χ4v) is 2.62. The first-order valence-electron chi connectivity index (χ1n) is 8.59. The lowest BCUT2D eigenvalue weighted by atomic mass is 10.1. The second-order valence-electron chi connectivity index (χ2n) is 5.92. The molecule has 0 radical (unpaired) electrons. The third-order valence-corrected chi connectivity index (χ3v) is 4.34. The van der Waals surface area contributed by atoms with Crippen LogP contribution in [0, 0.1) is 0 Å². The predicted octanol–water partition coefficient (Wildman–Crippen LogP) is 4.82. The molecule has 0 aliphatic carbocycles. The molecule has 2 aromatic rings. The number of esters is 2. The van der Waals surface area contributed by atoms with Crippen molar-refractivity contribution in [1.82, 2.24) is 0 Å². The summed E-state index contributed by atoms with van der Waals surface area (Å²) in [4.78, 5) is 24.1. The molecule has 0 aliphatic rings. The van der Waals surface area contributed by atoms with E-state index in [0.717, 1.165) is 11.1 Å². The lowest BCUT2D eigenvalue weighted by molar-refractivity contribution is -0.136. The van der Waals surface area contributed by atoms with E-state index in [-0.39, 0.29) is 13.2 Å². The van der Waals surface area contributed by atoms with E-state index in [2.05, 4.69) is 0 Å². The van der Waals surface area contributed by atoms with E-state index in [4.69, 9.17) is 37.4 Å². The van der Waals surface area contributed by atoms with Gasteiger partial charge in [0.25, 0.3) is 0 Å². The molecule has 0 unspecified atom stereocenters. The highest BCUT2D eigenvalue weighted by atomic mass is 35.5. The normalized spacial score (nSPS) is 11.9. The number of halogens is 2. The Balaban J connectivity index is 2.13. The molecular weight excluding hydrogens is 415 g/mol. The van der Waals surface area contributed by atoms with Crippen molar-refractivity contribution in [3.63, 3.8) is 0 Å². The van der Waals surface area contributed by atoms with Crippen LogP contribution in [-0.2, 0) is 23.8 Å². The summed E-state index contributed by atoms with van der Waals surface area (Å²) in [5, 5.41) is 1.18. The van der Waals surface area contributed by atoms with Gasteiger partial charge in [0.05, 0.1) is 38.6 Å². The molecule has 0 saturated heterocycles. The molecule has 0 spiro atoms. The maximum absolute atomic E-state index is 12.1. The third kappa shape index (κ3) is 7.38. The Morgan fingerprint density at radius 3 is 1.38 bits per heavy atom. The van der Waals surface area contributed by atoms with Crippen molar-refractivity contribution in [2.24, 2.45) is 0 Å². The van der Waals surface area contributed by atoms with Crippen LogP contribution in [-0.4, -0.2) is 39.4 Å². The van der Waals surface area contributed by atoms with Crippen LogP contribution < -0.4 is 0 Å². The molecule has 0 N–H and O–H groups in total. The molecule has 0 heterocycles. The molecule has 0 atom stereocenters. The van der Waals surface area contributed by atoms with E-state index in [1.54, 1.807) is 60.7 Å². The standard InChI is InChI=1S/C22H20Cl2O5/c1-27-21(25)17(11-15-3-7-19(23)8-4-15)13-29-14-18(22(26)28-2)12-16-5-9-20(24)10-6-16/h3-12H,13-14H2,1-2H3/b17-11+,18-12+. The summed E-state index contributed by atoms with van der Waals surface area (Å²) in [6.45, 7) is -0.103. The van der Waals surface area contributed by atoms with Gasteiger partial charge in [-0.25, -0.2) is 9.59 Å². The fraction of sp³-hybridized carbons (Fsp3) is 0.182. The van der Waals surface area contributed by atoms with E-state index in [1.165, 1.54) is 14.2 Å². The number of ether oxygens (including phenoxy) is 3. The average molecular weight is 435 g/mol. The van der Waals surface area contributed by atoms with E-state index in [9.17, 15) is 9.59 Å². The summed E-state index contributed by atoms with van der Waals surface area (Å²) < 4.78 is 15.2. The van der Waals surface area contributed by atoms with Gasteiger partial charge in [0, 0.05) is 10.0 Å². The van der Waals surface area contributed by atoms with E-state index < -0.39 is 11.9 Å². The maximum Gasteiger partial charge on any atom is 0.336 e. The van der Waals surface area contributed by atoms with Gasteiger partial charge in [0.15, 0.2) is 0 Å². The minimum atomic E-state index is -0.527. The van der Waals surface area contributed by atoms with Gasteiger partial charge in [-0.2, -0.15) is 0 Å². The molecule has 0 fully saturated rings. The summed E-state index contributed by atoms with van der Waals surface area (Å²) in [6, 6.07) is 13.9. The van der Waals surface area contributed by atoms with Crippen LogP contribution in [0.3, 0.4) is 0 Å². The highest BCUT2D eigenvalue weighted by molar-refractivity contribution is 6.30. The van der Waals surface area contributed by atoms with Gasteiger partial charge in [-0.3, -0.25) is 0 Å². The molecule has 0 saturated carbocycles. The molecule has 2 aromatic carbocycles. The Morgan fingerprint density at radius 2 is 1.07 bits per heavy atom. The van der Waals surface area contributed by atoms with Crippen molar-refractivity contribution in [1.29, 1.82) is 0 Å². The Hall–Kier alpha value is -2.60. The molecule has 2 rings (SSSR count). The molecule has 0 bridgehead atoms. The number of rotatable bonds is 8. The summed E-state index contributed by atoms with van der Waals surface area (Å²) in [6.07, 6.45) is 3.28. The van der Waals surface area contributed by atoms with Crippen LogP contribution in [0.2, 0.25) is 10.0 Å². The highest BCUT2D eigenvalue weighted by Gasteiger charge is 2.14. The SMILES string of the molecule is COC(=O)/C(=C/c1ccc(Cl)cc1)COC/C(=C\c1ccc(Cl)cc1)C(=O)OC. The van der Waals surface area contributed by atoms with E-state index >= 15 is 0 Å². The first kappa shape index (κ1) is 22.7. The van der Waals surface area contributed by atoms with E-state index in [1.807, 2.05) is 0 Å². The third-order valence-electron chi connectivity index (χ3n) is 3.83. The lowest BCUT2D eigenvalue weighted by Gasteiger charge is -2.10. The number of methoxy groups -OCH3 is 2. The van der Waals surface area contributed by atoms with Gasteiger partial charge in [-0.05, 0) is 47.5 Å². The number of hydrogen-bond acceptors (Lipinski definition) is 5. The molecule has 0 amide bonds. The second kappa shape index (κ2) is 11.4. The molecule has 7 heteroatoms. The predicted molar refractivity (Wildman–Crippen MR) is 114 cm³/mol. The van der Waals surface area contributed by atoms with Crippen molar-refractivity contribution in [2.45, 2.75) is 0 Å². The van der Waals surface area contributed by atoms with Crippen LogP contribution in [0.25, 0.3) is 12.2 Å². The van der Waals surface area contributed by atoms with E-state index in [0.29, 0.717) is 21.2 Å². The average Bonchev–Trinajstić information content (AvgIpc) is 2.74. The minimum absolute atomic E-state index is 0.0513. The van der Waals surface area contributed by atoms with Crippen molar-refractivity contribution >= 4 is 47.3 Å². The number of carbonyl (C=O) groups is 2. The van der Waals surface area contributed by atoms with Crippen LogP contribution in [0.1, 0.15) is 11.1 Å². The summed E-state index contributed by atoms with van der Waals surface area (Å²) >= 11 is 11.8. The van der Waals surface area contributed by atoms with Crippen LogP contribution >= 0.6 is 23.2 Å². The van der Waals surface area contributed by atoms with Crippen molar-refractivity contribution < 1.29 is 23.8 Å². The molecule has 5 nitrogen and oxygen atoms in total. The number of carbonyl (C=O) groups excluding carboxylic acids is 2. The largest absolute Gasteiger partial charge is 0.466 e. The minimum Gasteiger partial charge on any atom is -0.466 e. The Kier molecular flexibility index (Phi) is 8.93. The molecule has 29 heavy (non-hydrogen) atoms. The Bertz CT molecular complexity index is 824. The fourth-order valence-electron chi connectivity index (χ4n) is 2.37. The second-order valence-corrected chi connectivity index (χ2v) is 6.79. The zero-order chi connectivity index (χ0) is 21.2. The Labute approximate surface area is 179 Å². The van der Waals surface area contributed by atoms with Gasteiger partial charge in [0.2, 0.25) is 0 Å². The zero-order valence-electron chi connectivity index (χ0n) is 16.0. The monoisotopic (exact) mass is 434 g/mol. The topological polar surface area (TPSA) is 61.8 Å². The molecular formula is C22H20Cl2O5. The summed E-state index contributed by atoms with van der Waals surface area (Å²) in [7, 11) is 2.58. The molecule has 152 valence electrons. The summed E-state index contributed by atoms with van der Waals surface area (Å²) in [5.41, 5.74) is 2.13. The summed E-state index contributed by atoms with van der Waals surface area (Å²) in [5.74, 6) is -1.05. The Morgan fingerprint density at radius 1 is 0.724 bits per heavy atom. The first-order chi connectivity index (χ1) is 13.9. The number of benzene rings is 2. The van der Waals surface area contributed by atoms with Crippen molar-refractivity contribution in [3.8, 4) is 0 Å². The smallest absolute Gasteiger partial charge is 0.336 e. The maximum atomic E-state index is 12.1. The number of hydrogen-bond donors (Lipinski definition) is 0. The van der Waals surface area contributed by atoms with Crippen molar-refractivity contribution in [2.75, 3.05) is 27.4 Å². The van der Waals surface area contributed by atoms with Crippen LogP contribution in [0.4, 0.5) is 0 Å². The van der Waals surface area contributed by atoms with Crippen LogP contribution in [0.5, 0.6) is 0 Å². The first-order valence-corrected chi connectivity index (χ1v) is 9.35. The van der Waals surface area contributed by atoms with Gasteiger partial charge >= 0.3 is 11.9 Å². The van der Waals surface area contributed by atoms with Gasteiger partial charge < -0.3 is 14.2 Å². The molecule has 0 aromatic heterocycles. The lowest BCUT2D eigenvalue weighted by Crippen LogP contribution is -2.15. The van der Waals surface area contributed by atoms with Gasteiger partial charge in [0.1, 0.15) is 0 Å². The van der Waals surface area contributed by atoms with Crippen LogP contribution in [0.15, 0.2) is 59.7 Å².